The highest BCUT2D eigenvalue weighted by atomic mass is 35.5. The molecule has 104 valence electrons. The largest absolute Gasteiger partial charge is 0.325 e. The van der Waals surface area contributed by atoms with Crippen LogP contribution in [0.15, 0.2) is 24.3 Å². The lowest BCUT2D eigenvalue weighted by atomic mass is 9.94. The molecule has 1 aliphatic heterocycles. The van der Waals surface area contributed by atoms with E-state index in [-0.39, 0.29) is 11.3 Å². The molecule has 0 saturated carbocycles. The van der Waals surface area contributed by atoms with Crippen LogP contribution in [-0.4, -0.2) is 29.0 Å². The third-order valence-electron chi connectivity index (χ3n) is 3.20. The molecule has 0 aliphatic carbocycles. The number of hydrogen-bond acceptors (Lipinski definition) is 2. The zero-order valence-corrected chi connectivity index (χ0v) is 13.4. The predicted molar refractivity (Wildman–Crippen MR) is 82.9 cm³/mol. The zero-order chi connectivity index (χ0) is 14.0. The van der Waals surface area contributed by atoms with Crippen LogP contribution in [0.5, 0.6) is 0 Å². The predicted octanol–water partition coefficient (Wildman–Crippen LogP) is 4.18. The number of carbonyl (C=O) groups is 1. The van der Waals surface area contributed by atoms with Crippen molar-refractivity contribution in [1.82, 2.24) is 4.90 Å². The summed E-state index contributed by atoms with van der Waals surface area (Å²) in [5.41, 5.74) is 0.553. The molecule has 0 aromatic heterocycles. The van der Waals surface area contributed by atoms with Crippen LogP contribution in [-0.2, 0) is 4.79 Å². The lowest BCUT2D eigenvalue weighted by Gasteiger charge is -2.31. The molecule has 1 heterocycles. The van der Waals surface area contributed by atoms with Gasteiger partial charge in [0.2, 0.25) is 5.91 Å². The maximum Gasteiger partial charge on any atom is 0.230 e. The summed E-state index contributed by atoms with van der Waals surface area (Å²) in [7, 11) is 0. The van der Waals surface area contributed by atoms with Crippen LogP contribution >= 0.6 is 35.0 Å². The Morgan fingerprint density at radius 2 is 2.26 bits per heavy atom. The van der Waals surface area contributed by atoms with Crippen LogP contribution in [0.3, 0.4) is 0 Å². The summed E-state index contributed by atoms with van der Waals surface area (Å²) < 4.78 is 0. The topological polar surface area (TPSA) is 20.3 Å². The Balaban J connectivity index is 2.24. The molecule has 1 atom stereocenters. The molecular formula is C14H17Cl2NOS. The smallest absolute Gasteiger partial charge is 0.230 e. The number of benzene rings is 1. The number of halogens is 2. The van der Waals surface area contributed by atoms with Gasteiger partial charge < -0.3 is 4.90 Å². The summed E-state index contributed by atoms with van der Waals surface area (Å²) >= 11 is 13.7. The molecule has 1 fully saturated rings. The number of carbonyl (C=O) groups excluding carboxylic acids is 1. The first-order valence-electron chi connectivity index (χ1n) is 6.20. The maximum absolute atomic E-state index is 12.6. The minimum atomic E-state index is -0.525. The summed E-state index contributed by atoms with van der Waals surface area (Å²) in [5.74, 6) is 1.38. The van der Waals surface area contributed by atoms with Gasteiger partial charge in [0.1, 0.15) is 5.37 Å². The maximum atomic E-state index is 12.6. The van der Waals surface area contributed by atoms with Gasteiger partial charge in [0, 0.05) is 23.2 Å². The monoisotopic (exact) mass is 317 g/mol. The van der Waals surface area contributed by atoms with E-state index >= 15 is 0 Å². The summed E-state index contributed by atoms with van der Waals surface area (Å²) in [4.78, 5) is 14.5. The summed E-state index contributed by atoms with van der Waals surface area (Å²) in [6.45, 7) is 4.54. The standard InChI is InChI=1S/C14H17Cl2NOS/c1-14(2,9-15)13(18)17-6-7-19-12(17)10-4-3-5-11(16)8-10/h3-5,8,12H,6-7,9H2,1-2H3/t12-/m1/s1. The van der Waals surface area contributed by atoms with Crippen molar-refractivity contribution in [1.29, 1.82) is 0 Å². The van der Waals surface area contributed by atoms with Gasteiger partial charge in [-0.1, -0.05) is 23.7 Å². The van der Waals surface area contributed by atoms with Crippen LogP contribution in [0.2, 0.25) is 5.02 Å². The van der Waals surface area contributed by atoms with Gasteiger partial charge in [-0.15, -0.1) is 23.4 Å². The first kappa shape index (κ1) is 15.0. The number of alkyl halides is 1. The molecule has 0 spiro atoms. The Kier molecular flexibility index (Phi) is 4.70. The second-order valence-corrected chi connectivity index (χ2v) is 7.19. The lowest BCUT2D eigenvalue weighted by molar-refractivity contribution is -0.139. The highest BCUT2D eigenvalue weighted by Crippen LogP contribution is 2.40. The number of nitrogens with zero attached hydrogens (tertiary/aromatic N) is 1. The highest BCUT2D eigenvalue weighted by Gasteiger charge is 2.38. The van der Waals surface area contributed by atoms with Crippen molar-refractivity contribution in [3.8, 4) is 0 Å². The van der Waals surface area contributed by atoms with Crippen molar-refractivity contribution in [3.05, 3.63) is 34.9 Å². The van der Waals surface area contributed by atoms with Crippen LogP contribution in [0.25, 0.3) is 0 Å². The van der Waals surface area contributed by atoms with E-state index in [4.69, 9.17) is 23.2 Å². The average Bonchev–Trinajstić information content (AvgIpc) is 2.86. The minimum Gasteiger partial charge on any atom is -0.325 e. The second-order valence-electron chi connectivity index (χ2n) is 5.29. The van der Waals surface area contributed by atoms with Gasteiger partial charge in [0.25, 0.3) is 0 Å². The normalized spacial score (nSPS) is 19.8. The molecule has 0 unspecified atom stereocenters. The average molecular weight is 318 g/mol. The van der Waals surface area contributed by atoms with E-state index in [0.29, 0.717) is 10.9 Å². The molecule has 19 heavy (non-hydrogen) atoms. The number of amides is 1. The molecule has 1 amide bonds. The summed E-state index contributed by atoms with van der Waals surface area (Å²) in [5, 5.41) is 0.752. The Hall–Kier alpha value is -0.380. The van der Waals surface area contributed by atoms with Crippen molar-refractivity contribution < 1.29 is 4.79 Å². The molecule has 2 rings (SSSR count). The van der Waals surface area contributed by atoms with Gasteiger partial charge in [0.05, 0.1) is 5.41 Å². The lowest BCUT2D eigenvalue weighted by Crippen LogP contribution is -2.41. The van der Waals surface area contributed by atoms with Crippen LogP contribution < -0.4 is 0 Å². The zero-order valence-electron chi connectivity index (χ0n) is 11.0. The van der Waals surface area contributed by atoms with Crippen molar-refractivity contribution in [2.45, 2.75) is 19.2 Å². The van der Waals surface area contributed by atoms with Gasteiger partial charge in [-0.2, -0.15) is 0 Å². The molecule has 0 N–H and O–H groups in total. The van der Waals surface area contributed by atoms with Gasteiger partial charge in [-0.05, 0) is 31.5 Å². The molecular weight excluding hydrogens is 301 g/mol. The van der Waals surface area contributed by atoms with Crippen LogP contribution in [0, 0.1) is 5.41 Å². The molecule has 2 nitrogen and oxygen atoms in total. The van der Waals surface area contributed by atoms with Crippen molar-refractivity contribution in [3.63, 3.8) is 0 Å². The summed E-state index contributed by atoms with van der Waals surface area (Å²) in [6, 6.07) is 7.72. The van der Waals surface area contributed by atoms with Crippen molar-refractivity contribution >= 4 is 40.9 Å². The van der Waals surface area contributed by atoms with Crippen LogP contribution in [0.1, 0.15) is 24.8 Å². The Bertz CT molecular complexity index is 478. The molecule has 5 heteroatoms. The molecule has 1 aromatic rings. The van der Waals surface area contributed by atoms with E-state index < -0.39 is 5.41 Å². The fourth-order valence-corrected chi connectivity index (χ4v) is 3.62. The van der Waals surface area contributed by atoms with Gasteiger partial charge in [-0.3, -0.25) is 4.79 Å². The van der Waals surface area contributed by atoms with Crippen molar-refractivity contribution in [2.75, 3.05) is 18.2 Å². The molecule has 1 saturated heterocycles. The Morgan fingerprint density at radius 1 is 1.53 bits per heavy atom. The molecule has 0 radical (unpaired) electrons. The van der Waals surface area contributed by atoms with E-state index in [1.165, 1.54) is 0 Å². The highest BCUT2D eigenvalue weighted by molar-refractivity contribution is 7.99. The first-order valence-corrected chi connectivity index (χ1v) is 8.16. The van der Waals surface area contributed by atoms with Gasteiger partial charge >= 0.3 is 0 Å². The minimum absolute atomic E-state index is 0.0497. The Labute approximate surface area is 128 Å². The van der Waals surface area contributed by atoms with E-state index in [1.807, 2.05) is 43.0 Å². The van der Waals surface area contributed by atoms with Gasteiger partial charge in [0.15, 0.2) is 0 Å². The second kappa shape index (κ2) is 5.94. The van der Waals surface area contributed by atoms with E-state index in [1.54, 1.807) is 11.8 Å². The number of thioether (sulfide) groups is 1. The van der Waals surface area contributed by atoms with E-state index in [2.05, 4.69) is 0 Å². The first-order chi connectivity index (χ1) is 8.95. The summed E-state index contributed by atoms with van der Waals surface area (Å²) in [6.07, 6.45) is 0. The van der Waals surface area contributed by atoms with Crippen LogP contribution in [0.4, 0.5) is 0 Å². The van der Waals surface area contributed by atoms with Gasteiger partial charge in [-0.25, -0.2) is 0 Å². The third kappa shape index (κ3) is 3.21. The van der Waals surface area contributed by atoms with Crippen molar-refractivity contribution in [2.24, 2.45) is 5.41 Å². The fourth-order valence-electron chi connectivity index (χ4n) is 2.06. The van der Waals surface area contributed by atoms with E-state index in [0.717, 1.165) is 17.9 Å². The SMILES string of the molecule is CC(C)(CCl)C(=O)N1CCS[C@@H]1c1cccc(Cl)c1. The number of rotatable bonds is 3. The third-order valence-corrected chi connectivity index (χ3v) is 5.36. The number of hydrogen-bond donors (Lipinski definition) is 0. The molecule has 1 aliphatic rings. The molecule has 0 bridgehead atoms. The molecule has 1 aromatic carbocycles. The quantitative estimate of drug-likeness (QED) is 0.779. The fraction of sp³-hybridized carbons (Fsp3) is 0.500. The van der Waals surface area contributed by atoms with E-state index in [9.17, 15) is 4.79 Å². The Morgan fingerprint density at radius 3 is 2.89 bits per heavy atom.